The molecule has 1 aliphatic heterocycles. The Morgan fingerprint density at radius 2 is 2.14 bits per heavy atom. The molecule has 28 heavy (non-hydrogen) atoms. The van der Waals surface area contributed by atoms with Crippen LogP contribution in [-0.4, -0.2) is 25.2 Å². The first-order valence-electron chi connectivity index (χ1n) is 9.61. The Morgan fingerprint density at radius 3 is 2.96 bits per heavy atom. The van der Waals surface area contributed by atoms with Gasteiger partial charge in [0, 0.05) is 35.4 Å². The quantitative estimate of drug-likeness (QED) is 0.465. The zero-order valence-electron chi connectivity index (χ0n) is 15.9. The van der Waals surface area contributed by atoms with E-state index in [0.717, 1.165) is 30.4 Å². The second-order valence-electron chi connectivity index (χ2n) is 6.89. The summed E-state index contributed by atoms with van der Waals surface area (Å²) in [5.74, 6) is 3.08. The van der Waals surface area contributed by atoms with Gasteiger partial charge in [0.05, 0.1) is 19.4 Å². The number of para-hydroxylation sites is 1. The lowest BCUT2D eigenvalue weighted by Gasteiger charge is -2.23. The van der Waals surface area contributed by atoms with Crippen molar-refractivity contribution in [3.05, 3.63) is 76.4 Å². The molecule has 5 nitrogen and oxygen atoms in total. The lowest BCUT2D eigenvalue weighted by atomic mass is 9.94. The standard InChI is InChI=1S/C22H25N3O2S/c1-16(20-15-27-21-9-3-2-8-19(20)21)25-22(24-14-18-7-5-13-28-18)23-11-10-17-6-4-12-26-17/h2-9,12-13,16,20H,10-11,14-15H2,1H3,(H2,23,24,25). The predicted octanol–water partition coefficient (Wildman–Crippen LogP) is 4.18. The van der Waals surface area contributed by atoms with E-state index in [-0.39, 0.29) is 6.04 Å². The van der Waals surface area contributed by atoms with Gasteiger partial charge in [-0.3, -0.25) is 0 Å². The molecule has 0 saturated carbocycles. The molecule has 0 radical (unpaired) electrons. The number of hydrogen-bond donors (Lipinski definition) is 2. The molecule has 2 atom stereocenters. The van der Waals surface area contributed by atoms with Gasteiger partial charge in [-0.25, -0.2) is 4.99 Å². The van der Waals surface area contributed by atoms with Crippen LogP contribution in [0.2, 0.25) is 0 Å². The predicted molar refractivity (Wildman–Crippen MR) is 113 cm³/mol. The van der Waals surface area contributed by atoms with Crippen LogP contribution in [-0.2, 0) is 13.0 Å². The van der Waals surface area contributed by atoms with Crippen LogP contribution in [0.1, 0.15) is 29.0 Å². The fourth-order valence-electron chi connectivity index (χ4n) is 3.39. The molecule has 1 aliphatic rings. The summed E-state index contributed by atoms with van der Waals surface area (Å²) in [6, 6.07) is 16.5. The number of fused-ring (bicyclic) bond motifs is 1. The van der Waals surface area contributed by atoms with Crippen molar-refractivity contribution in [3.8, 4) is 5.75 Å². The van der Waals surface area contributed by atoms with E-state index in [1.807, 2.05) is 24.3 Å². The summed E-state index contributed by atoms with van der Waals surface area (Å²) in [6.07, 6.45) is 2.52. The highest BCUT2D eigenvalue weighted by Gasteiger charge is 2.29. The molecule has 0 bridgehead atoms. The third-order valence-electron chi connectivity index (χ3n) is 4.92. The van der Waals surface area contributed by atoms with Gasteiger partial charge in [0.1, 0.15) is 11.5 Å². The Labute approximate surface area is 169 Å². The number of furan rings is 1. The maximum atomic E-state index is 5.85. The normalized spacial score (nSPS) is 17.0. The average Bonchev–Trinajstić information content (AvgIpc) is 3.47. The van der Waals surface area contributed by atoms with Gasteiger partial charge in [0.25, 0.3) is 0 Å². The second kappa shape index (κ2) is 8.97. The Bertz CT molecular complexity index is 890. The van der Waals surface area contributed by atoms with Crippen molar-refractivity contribution < 1.29 is 9.15 Å². The molecular formula is C22H25N3O2S. The minimum absolute atomic E-state index is 0.196. The molecule has 0 saturated heterocycles. The number of nitrogens with zero attached hydrogens (tertiary/aromatic N) is 1. The number of aliphatic imine (C=N–C) groups is 1. The lowest BCUT2D eigenvalue weighted by molar-refractivity contribution is 0.312. The molecule has 0 spiro atoms. The average molecular weight is 396 g/mol. The van der Waals surface area contributed by atoms with Gasteiger partial charge in [0.15, 0.2) is 5.96 Å². The highest BCUT2D eigenvalue weighted by atomic mass is 32.1. The van der Waals surface area contributed by atoms with E-state index in [2.05, 4.69) is 47.2 Å². The molecule has 2 aromatic heterocycles. The van der Waals surface area contributed by atoms with Crippen molar-refractivity contribution >= 4 is 17.3 Å². The monoisotopic (exact) mass is 395 g/mol. The molecule has 2 unspecified atom stereocenters. The first-order valence-corrected chi connectivity index (χ1v) is 10.5. The van der Waals surface area contributed by atoms with Crippen LogP contribution in [0.3, 0.4) is 0 Å². The van der Waals surface area contributed by atoms with Crippen LogP contribution in [0.4, 0.5) is 0 Å². The topological polar surface area (TPSA) is 58.8 Å². The van der Waals surface area contributed by atoms with Crippen LogP contribution < -0.4 is 15.4 Å². The van der Waals surface area contributed by atoms with Crippen LogP contribution in [0.15, 0.2) is 69.6 Å². The maximum absolute atomic E-state index is 5.85. The SMILES string of the molecule is CC(NC(=NCc1cccs1)NCCc1ccco1)C1COc2ccccc21. The third-order valence-corrected chi connectivity index (χ3v) is 5.78. The highest BCUT2D eigenvalue weighted by molar-refractivity contribution is 7.09. The summed E-state index contributed by atoms with van der Waals surface area (Å²) >= 11 is 1.72. The molecule has 4 rings (SSSR count). The molecule has 3 aromatic rings. The van der Waals surface area contributed by atoms with E-state index in [1.165, 1.54) is 10.4 Å². The number of guanidine groups is 1. The van der Waals surface area contributed by atoms with Gasteiger partial charge in [-0.15, -0.1) is 11.3 Å². The Kier molecular flexibility index (Phi) is 5.97. The third kappa shape index (κ3) is 4.57. The summed E-state index contributed by atoms with van der Waals surface area (Å²) in [6.45, 7) is 4.30. The zero-order valence-corrected chi connectivity index (χ0v) is 16.7. The van der Waals surface area contributed by atoms with Gasteiger partial charge in [-0.05, 0) is 36.6 Å². The fourth-order valence-corrected chi connectivity index (χ4v) is 4.02. The van der Waals surface area contributed by atoms with E-state index in [0.29, 0.717) is 19.1 Å². The molecule has 0 fully saturated rings. The molecule has 146 valence electrons. The summed E-state index contributed by atoms with van der Waals surface area (Å²) < 4.78 is 11.3. The highest BCUT2D eigenvalue weighted by Crippen LogP contribution is 2.35. The molecule has 1 aromatic carbocycles. The van der Waals surface area contributed by atoms with E-state index in [1.54, 1.807) is 17.6 Å². The first-order chi connectivity index (χ1) is 13.8. The van der Waals surface area contributed by atoms with Crippen LogP contribution in [0.25, 0.3) is 0 Å². The van der Waals surface area contributed by atoms with Crippen LogP contribution in [0, 0.1) is 0 Å². The first kappa shape index (κ1) is 18.6. The maximum Gasteiger partial charge on any atom is 0.191 e. The number of rotatable bonds is 7. The van der Waals surface area contributed by atoms with Crippen molar-refractivity contribution in [2.45, 2.75) is 31.8 Å². The Balaban J connectivity index is 1.41. The van der Waals surface area contributed by atoms with Crippen molar-refractivity contribution in [1.82, 2.24) is 10.6 Å². The molecule has 0 aliphatic carbocycles. The summed E-state index contributed by atoms with van der Waals surface area (Å²) in [5.41, 5.74) is 1.26. The number of hydrogen-bond acceptors (Lipinski definition) is 4. The van der Waals surface area contributed by atoms with E-state index < -0.39 is 0 Å². The smallest absolute Gasteiger partial charge is 0.191 e. The molecule has 3 heterocycles. The van der Waals surface area contributed by atoms with Crippen LogP contribution >= 0.6 is 11.3 Å². The fraction of sp³-hybridized carbons (Fsp3) is 0.318. The second-order valence-corrected chi connectivity index (χ2v) is 7.92. The minimum atomic E-state index is 0.196. The molecule has 0 amide bonds. The minimum Gasteiger partial charge on any atom is -0.493 e. The number of nitrogens with one attached hydrogen (secondary N) is 2. The molecular weight excluding hydrogens is 370 g/mol. The molecule has 2 N–H and O–H groups in total. The largest absolute Gasteiger partial charge is 0.493 e. The van der Waals surface area contributed by atoms with Crippen molar-refractivity contribution in [2.75, 3.05) is 13.2 Å². The van der Waals surface area contributed by atoms with E-state index >= 15 is 0 Å². The number of thiophene rings is 1. The van der Waals surface area contributed by atoms with Gasteiger partial charge >= 0.3 is 0 Å². The van der Waals surface area contributed by atoms with E-state index in [9.17, 15) is 0 Å². The number of ether oxygens (including phenoxy) is 1. The molecule has 6 heteroatoms. The van der Waals surface area contributed by atoms with Gasteiger partial charge < -0.3 is 19.8 Å². The lowest BCUT2D eigenvalue weighted by Crippen LogP contribution is -2.45. The Hall–Kier alpha value is -2.73. The van der Waals surface area contributed by atoms with Crippen molar-refractivity contribution in [2.24, 2.45) is 4.99 Å². The summed E-state index contributed by atoms with van der Waals surface area (Å²) in [7, 11) is 0. The van der Waals surface area contributed by atoms with Gasteiger partial charge in [0.2, 0.25) is 0 Å². The summed E-state index contributed by atoms with van der Waals surface area (Å²) in [4.78, 5) is 6.03. The van der Waals surface area contributed by atoms with Gasteiger partial charge in [-0.2, -0.15) is 0 Å². The van der Waals surface area contributed by atoms with Gasteiger partial charge in [-0.1, -0.05) is 24.3 Å². The number of benzene rings is 1. The Morgan fingerprint density at radius 1 is 1.21 bits per heavy atom. The summed E-state index contributed by atoms with van der Waals surface area (Å²) in [5, 5.41) is 9.10. The zero-order chi connectivity index (χ0) is 19.2. The van der Waals surface area contributed by atoms with Crippen LogP contribution in [0.5, 0.6) is 5.75 Å². The van der Waals surface area contributed by atoms with Crippen molar-refractivity contribution in [1.29, 1.82) is 0 Å². The van der Waals surface area contributed by atoms with E-state index in [4.69, 9.17) is 14.1 Å². The van der Waals surface area contributed by atoms with Crippen molar-refractivity contribution in [3.63, 3.8) is 0 Å².